The molecule has 2 heterocycles. The first-order valence-corrected chi connectivity index (χ1v) is 7.72. The zero-order chi connectivity index (χ0) is 14.8. The van der Waals surface area contributed by atoms with E-state index in [9.17, 15) is 4.39 Å². The number of benzene rings is 1. The normalized spacial score (nSPS) is 15.2. The summed E-state index contributed by atoms with van der Waals surface area (Å²) >= 11 is 0. The van der Waals surface area contributed by atoms with Gasteiger partial charge in [0, 0.05) is 42.9 Å². The quantitative estimate of drug-likeness (QED) is 0.858. The van der Waals surface area contributed by atoms with Gasteiger partial charge in [-0.1, -0.05) is 13.3 Å². The fourth-order valence-corrected chi connectivity index (χ4v) is 2.96. The van der Waals surface area contributed by atoms with Crippen molar-refractivity contribution >= 4 is 0 Å². The molecule has 0 unspecified atom stereocenters. The van der Waals surface area contributed by atoms with Gasteiger partial charge in [0.15, 0.2) is 0 Å². The molecule has 4 heteroatoms. The Bertz CT molecular complexity index is 616. The highest BCUT2D eigenvalue weighted by Gasteiger charge is 2.23. The van der Waals surface area contributed by atoms with Gasteiger partial charge in [-0.2, -0.15) is 5.10 Å². The smallest absolute Gasteiger partial charge is 0.123 e. The van der Waals surface area contributed by atoms with Gasteiger partial charge in [0.05, 0.1) is 5.69 Å². The molecule has 0 atom stereocenters. The SMILES string of the molecule is CCCCn1nc(-c2ccc(F)cc2)c2c1CCN(C)C2. The Morgan fingerprint density at radius 3 is 2.71 bits per heavy atom. The van der Waals surface area contributed by atoms with Gasteiger partial charge in [-0.3, -0.25) is 4.68 Å². The third-order valence-corrected chi connectivity index (χ3v) is 4.17. The molecule has 21 heavy (non-hydrogen) atoms. The number of aryl methyl sites for hydroxylation is 1. The number of hydrogen-bond donors (Lipinski definition) is 0. The average molecular weight is 287 g/mol. The van der Waals surface area contributed by atoms with E-state index in [2.05, 4.69) is 23.6 Å². The summed E-state index contributed by atoms with van der Waals surface area (Å²) in [6, 6.07) is 6.69. The van der Waals surface area contributed by atoms with E-state index in [1.807, 2.05) is 12.1 Å². The van der Waals surface area contributed by atoms with Crippen LogP contribution in [0.2, 0.25) is 0 Å². The maximum absolute atomic E-state index is 13.1. The molecule has 0 saturated heterocycles. The summed E-state index contributed by atoms with van der Waals surface area (Å²) < 4.78 is 15.3. The lowest BCUT2D eigenvalue weighted by atomic mass is 10.0. The third kappa shape index (κ3) is 2.86. The standard InChI is InChI=1S/C17H22FN3/c1-3-4-10-21-16-9-11-20(2)12-15(16)17(19-21)13-5-7-14(18)8-6-13/h5-8H,3-4,9-12H2,1-2H3. The Hall–Kier alpha value is -1.68. The van der Waals surface area contributed by atoms with E-state index in [0.29, 0.717) is 0 Å². The summed E-state index contributed by atoms with van der Waals surface area (Å²) in [4.78, 5) is 2.32. The van der Waals surface area contributed by atoms with Gasteiger partial charge in [0.1, 0.15) is 5.82 Å². The number of nitrogens with zero attached hydrogens (tertiary/aromatic N) is 3. The molecule has 112 valence electrons. The van der Waals surface area contributed by atoms with Crippen LogP contribution in [0.5, 0.6) is 0 Å². The molecule has 0 fully saturated rings. The monoisotopic (exact) mass is 287 g/mol. The maximum atomic E-state index is 13.1. The van der Waals surface area contributed by atoms with E-state index < -0.39 is 0 Å². The van der Waals surface area contributed by atoms with E-state index in [1.165, 1.54) is 29.8 Å². The number of fused-ring (bicyclic) bond motifs is 1. The Kier molecular flexibility index (Phi) is 4.06. The molecule has 0 spiro atoms. The van der Waals surface area contributed by atoms with Crippen LogP contribution in [0.15, 0.2) is 24.3 Å². The van der Waals surface area contributed by atoms with Crippen molar-refractivity contribution in [3.05, 3.63) is 41.3 Å². The Morgan fingerprint density at radius 2 is 2.00 bits per heavy atom. The Balaban J connectivity index is 2.03. The maximum Gasteiger partial charge on any atom is 0.123 e. The fraction of sp³-hybridized carbons (Fsp3) is 0.471. The topological polar surface area (TPSA) is 21.1 Å². The summed E-state index contributed by atoms with van der Waals surface area (Å²) in [7, 11) is 2.14. The van der Waals surface area contributed by atoms with Crippen LogP contribution in [0.3, 0.4) is 0 Å². The van der Waals surface area contributed by atoms with Crippen LogP contribution in [0, 0.1) is 5.82 Å². The van der Waals surface area contributed by atoms with E-state index in [4.69, 9.17) is 5.10 Å². The van der Waals surface area contributed by atoms with Gasteiger partial charge in [-0.25, -0.2) is 4.39 Å². The van der Waals surface area contributed by atoms with Crippen LogP contribution in [0.1, 0.15) is 31.0 Å². The molecule has 1 aliphatic rings. The van der Waals surface area contributed by atoms with E-state index >= 15 is 0 Å². The van der Waals surface area contributed by atoms with Gasteiger partial charge in [-0.15, -0.1) is 0 Å². The fourth-order valence-electron chi connectivity index (χ4n) is 2.96. The van der Waals surface area contributed by atoms with Gasteiger partial charge in [-0.05, 0) is 37.7 Å². The zero-order valence-corrected chi connectivity index (χ0v) is 12.8. The molecule has 0 saturated carbocycles. The van der Waals surface area contributed by atoms with Crippen molar-refractivity contribution in [3.63, 3.8) is 0 Å². The van der Waals surface area contributed by atoms with Gasteiger partial charge >= 0.3 is 0 Å². The number of rotatable bonds is 4. The van der Waals surface area contributed by atoms with Gasteiger partial charge in [0.2, 0.25) is 0 Å². The third-order valence-electron chi connectivity index (χ3n) is 4.17. The van der Waals surface area contributed by atoms with E-state index in [0.717, 1.165) is 43.7 Å². The van der Waals surface area contributed by atoms with Crippen LogP contribution < -0.4 is 0 Å². The van der Waals surface area contributed by atoms with Crippen molar-refractivity contribution in [1.29, 1.82) is 0 Å². The highest BCUT2D eigenvalue weighted by atomic mass is 19.1. The molecule has 0 N–H and O–H groups in total. The number of unbranched alkanes of at least 4 members (excludes halogenated alkanes) is 1. The summed E-state index contributed by atoms with van der Waals surface area (Å²) in [5, 5.41) is 4.83. The molecule has 2 aromatic rings. The highest BCUT2D eigenvalue weighted by Crippen LogP contribution is 2.30. The molecule has 3 rings (SSSR count). The number of halogens is 1. The largest absolute Gasteiger partial charge is 0.302 e. The van der Waals surface area contributed by atoms with Crippen molar-refractivity contribution < 1.29 is 4.39 Å². The summed E-state index contributed by atoms with van der Waals surface area (Å²) in [6.07, 6.45) is 3.36. The number of likely N-dealkylation sites (N-methyl/N-ethyl adjacent to an activating group) is 1. The first kappa shape index (κ1) is 14.3. The molecule has 0 bridgehead atoms. The molecule has 1 aromatic carbocycles. The number of hydrogen-bond acceptors (Lipinski definition) is 2. The van der Waals surface area contributed by atoms with Crippen molar-refractivity contribution in [2.75, 3.05) is 13.6 Å². The predicted molar refractivity (Wildman–Crippen MR) is 82.6 cm³/mol. The summed E-state index contributed by atoms with van der Waals surface area (Å²) in [5.74, 6) is -0.199. The van der Waals surface area contributed by atoms with Crippen molar-refractivity contribution in [2.24, 2.45) is 0 Å². The molecular formula is C17H22FN3. The minimum Gasteiger partial charge on any atom is -0.302 e. The molecule has 0 radical (unpaired) electrons. The zero-order valence-electron chi connectivity index (χ0n) is 12.8. The van der Waals surface area contributed by atoms with E-state index in [-0.39, 0.29) is 5.82 Å². The van der Waals surface area contributed by atoms with Crippen molar-refractivity contribution in [3.8, 4) is 11.3 Å². The van der Waals surface area contributed by atoms with Gasteiger partial charge in [0.25, 0.3) is 0 Å². The van der Waals surface area contributed by atoms with E-state index in [1.54, 1.807) is 0 Å². The lowest BCUT2D eigenvalue weighted by molar-refractivity contribution is 0.307. The van der Waals surface area contributed by atoms with Crippen LogP contribution in [0.4, 0.5) is 4.39 Å². The van der Waals surface area contributed by atoms with Crippen LogP contribution in [-0.4, -0.2) is 28.3 Å². The highest BCUT2D eigenvalue weighted by molar-refractivity contribution is 5.64. The lowest BCUT2D eigenvalue weighted by Gasteiger charge is -2.23. The minimum absolute atomic E-state index is 0.199. The number of aromatic nitrogens is 2. The first-order valence-electron chi connectivity index (χ1n) is 7.72. The molecule has 0 aliphatic carbocycles. The summed E-state index contributed by atoms with van der Waals surface area (Å²) in [6.45, 7) is 5.18. The molecule has 1 aromatic heterocycles. The van der Waals surface area contributed by atoms with Crippen molar-refractivity contribution in [1.82, 2.24) is 14.7 Å². The second-order valence-corrected chi connectivity index (χ2v) is 5.85. The Labute approximate surface area is 125 Å². The molecule has 0 amide bonds. The second kappa shape index (κ2) is 5.98. The molecule has 3 nitrogen and oxygen atoms in total. The van der Waals surface area contributed by atoms with Gasteiger partial charge < -0.3 is 4.90 Å². The van der Waals surface area contributed by atoms with Crippen molar-refractivity contribution in [2.45, 2.75) is 39.3 Å². The van der Waals surface area contributed by atoms with Crippen LogP contribution >= 0.6 is 0 Å². The minimum atomic E-state index is -0.199. The van der Waals surface area contributed by atoms with Crippen LogP contribution in [0.25, 0.3) is 11.3 Å². The van der Waals surface area contributed by atoms with Crippen LogP contribution in [-0.2, 0) is 19.5 Å². The molecular weight excluding hydrogens is 265 g/mol. The lowest BCUT2D eigenvalue weighted by Crippen LogP contribution is -2.27. The summed E-state index contributed by atoms with van der Waals surface area (Å²) in [5.41, 5.74) is 4.71. The second-order valence-electron chi connectivity index (χ2n) is 5.85. The first-order chi connectivity index (χ1) is 10.2. The Morgan fingerprint density at radius 1 is 1.24 bits per heavy atom. The predicted octanol–water partition coefficient (Wildman–Crippen LogP) is 3.48. The molecule has 1 aliphatic heterocycles. The average Bonchev–Trinajstić information content (AvgIpc) is 2.84.